The number of carbonyl (C=O) groups is 1. The number of ketones is 1. The number of benzene rings is 1. The van der Waals surface area contributed by atoms with E-state index in [1.807, 2.05) is 6.92 Å². The van der Waals surface area contributed by atoms with Gasteiger partial charge in [-0.1, -0.05) is 25.1 Å². The van der Waals surface area contributed by atoms with Crippen LogP contribution in [0.25, 0.3) is 0 Å². The molecule has 0 aliphatic carbocycles. The summed E-state index contributed by atoms with van der Waals surface area (Å²) < 4.78 is 19.8. The van der Waals surface area contributed by atoms with E-state index in [1.54, 1.807) is 19.1 Å². The molecule has 0 bridgehead atoms. The molecule has 0 saturated heterocycles. The highest BCUT2D eigenvalue weighted by molar-refractivity contribution is 9.10. The second-order valence-corrected chi connectivity index (χ2v) is 6.97. The van der Waals surface area contributed by atoms with Crippen molar-refractivity contribution in [2.45, 2.75) is 20.0 Å². The average Bonchev–Trinajstić information content (AvgIpc) is 2.80. The van der Waals surface area contributed by atoms with Crippen LogP contribution in [0.3, 0.4) is 0 Å². The molecule has 2 unspecified atom stereocenters. The van der Waals surface area contributed by atoms with Gasteiger partial charge in [-0.25, -0.2) is 4.39 Å². The molecule has 0 saturated carbocycles. The van der Waals surface area contributed by atoms with E-state index in [4.69, 9.17) is 4.74 Å². The van der Waals surface area contributed by atoms with E-state index in [0.29, 0.717) is 10.6 Å². The number of carbonyl (C=O) groups excluding carboxylic acids is 1. The molecule has 0 spiro atoms. The monoisotopic (exact) mass is 386 g/mol. The number of halogens is 2. The van der Waals surface area contributed by atoms with Crippen molar-refractivity contribution in [1.82, 2.24) is 0 Å². The molecular weight excluding hydrogens is 371 g/mol. The minimum Gasteiger partial charge on any atom is -0.494 e. The van der Waals surface area contributed by atoms with Crippen molar-refractivity contribution >= 4 is 33.0 Å². The van der Waals surface area contributed by atoms with Crippen LogP contribution in [-0.2, 0) is 0 Å². The Morgan fingerprint density at radius 1 is 1.41 bits per heavy atom. The Morgan fingerprint density at radius 3 is 2.64 bits per heavy atom. The Balaban J connectivity index is 2.34. The molecule has 2 atom stereocenters. The highest BCUT2D eigenvalue weighted by Crippen LogP contribution is 2.41. The maximum Gasteiger partial charge on any atom is 0.182 e. The van der Waals surface area contributed by atoms with Crippen LogP contribution in [0.15, 0.2) is 28.7 Å². The van der Waals surface area contributed by atoms with Crippen LogP contribution in [0.1, 0.15) is 33.1 Å². The van der Waals surface area contributed by atoms with Gasteiger partial charge >= 0.3 is 0 Å². The van der Waals surface area contributed by atoms with Crippen LogP contribution >= 0.6 is 27.3 Å². The van der Waals surface area contributed by atoms with E-state index in [9.17, 15) is 14.3 Å². The van der Waals surface area contributed by atoms with Crippen molar-refractivity contribution in [3.05, 3.63) is 49.9 Å². The lowest BCUT2D eigenvalue weighted by molar-refractivity contribution is 0.0706. The zero-order valence-electron chi connectivity index (χ0n) is 12.4. The van der Waals surface area contributed by atoms with Crippen LogP contribution < -0.4 is 4.74 Å². The number of aryl methyl sites for hydroxylation is 1. The first-order chi connectivity index (χ1) is 10.4. The first-order valence-electron chi connectivity index (χ1n) is 6.68. The first kappa shape index (κ1) is 17.1. The van der Waals surface area contributed by atoms with Gasteiger partial charge in [0.05, 0.1) is 23.6 Å². The van der Waals surface area contributed by atoms with Crippen molar-refractivity contribution in [1.29, 1.82) is 0 Å². The maximum absolute atomic E-state index is 13.8. The molecule has 0 aliphatic rings. The van der Waals surface area contributed by atoms with E-state index in [0.717, 1.165) is 9.35 Å². The van der Waals surface area contributed by atoms with Gasteiger partial charge in [-0.05, 0) is 28.9 Å². The summed E-state index contributed by atoms with van der Waals surface area (Å²) in [6.07, 6.45) is -1.21. The molecule has 1 aromatic heterocycles. The van der Waals surface area contributed by atoms with Gasteiger partial charge in [0.25, 0.3) is 0 Å². The van der Waals surface area contributed by atoms with Gasteiger partial charge in [-0.2, -0.15) is 0 Å². The van der Waals surface area contributed by atoms with E-state index in [2.05, 4.69) is 15.9 Å². The molecule has 0 fully saturated rings. The summed E-state index contributed by atoms with van der Waals surface area (Å²) in [5.74, 6) is -1.12. The number of hydrogen-bond acceptors (Lipinski definition) is 4. The summed E-state index contributed by atoms with van der Waals surface area (Å²) in [6, 6.07) is 5.92. The molecule has 1 aromatic carbocycles. The van der Waals surface area contributed by atoms with E-state index in [-0.39, 0.29) is 11.3 Å². The highest BCUT2D eigenvalue weighted by Gasteiger charge is 2.30. The van der Waals surface area contributed by atoms with Crippen molar-refractivity contribution in [3.8, 4) is 5.75 Å². The number of aliphatic hydroxyl groups is 1. The molecule has 1 heterocycles. The lowest BCUT2D eigenvalue weighted by Gasteiger charge is -2.18. The number of aliphatic hydroxyl groups excluding tert-OH is 1. The number of methoxy groups -OCH3 is 1. The Bertz CT molecular complexity index is 699. The Hall–Kier alpha value is -1.24. The van der Waals surface area contributed by atoms with Crippen LogP contribution in [0.4, 0.5) is 4.39 Å². The fraction of sp³-hybridized carbons (Fsp3) is 0.312. The molecule has 6 heteroatoms. The third-order valence-corrected chi connectivity index (χ3v) is 5.83. The minimum atomic E-state index is -1.21. The smallest absolute Gasteiger partial charge is 0.182 e. The van der Waals surface area contributed by atoms with Crippen LogP contribution in [-0.4, -0.2) is 18.0 Å². The lowest BCUT2D eigenvalue weighted by atomic mass is 9.92. The van der Waals surface area contributed by atoms with Crippen LogP contribution in [0, 0.1) is 18.7 Å². The average molecular weight is 387 g/mol. The highest BCUT2D eigenvalue weighted by atomic mass is 79.9. The minimum absolute atomic E-state index is 0.120. The predicted molar refractivity (Wildman–Crippen MR) is 88.2 cm³/mol. The number of thiophene rings is 1. The van der Waals surface area contributed by atoms with E-state index >= 15 is 0 Å². The summed E-state index contributed by atoms with van der Waals surface area (Å²) >= 11 is 4.68. The molecule has 118 valence electrons. The number of hydrogen-bond donors (Lipinski definition) is 1. The predicted octanol–water partition coefficient (Wildman–Crippen LogP) is 4.52. The summed E-state index contributed by atoms with van der Waals surface area (Å²) in [6.45, 7) is 3.45. The van der Waals surface area contributed by atoms with Gasteiger partial charge < -0.3 is 9.84 Å². The second-order valence-electron chi connectivity index (χ2n) is 4.95. The van der Waals surface area contributed by atoms with Crippen molar-refractivity contribution in [3.63, 3.8) is 0 Å². The Kier molecular flexibility index (Phi) is 5.36. The maximum atomic E-state index is 13.8. The van der Waals surface area contributed by atoms with Gasteiger partial charge in [0, 0.05) is 10.4 Å². The topological polar surface area (TPSA) is 46.5 Å². The van der Waals surface area contributed by atoms with Gasteiger partial charge in [-0.3, -0.25) is 4.79 Å². The molecule has 0 amide bonds. The SMILES string of the molecule is COc1c(C(=O)C(C)C(O)c2ccccc2F)sc(C)c1Br. The molecule has 0 radical (unpaired) electrons. The van der Waals surface area contributed by atoms with Gasteiger partial charge in [0.15, 0.2) is 11.5 Å². The molecule has 3 nitrogen and oxygen atoms in total. The van der Waals surface area contributed by atoms with Gasteiger partial charge in [-0.15, -0.1) is 11.3 Å². The fourth-order valence-electron chi connectivity index (χ4n) is 2.18. The fourth-order valence-corrected chi connectivity index (χ4v) is 3.97. The van der Waals surface area contributed by atoms with Crippen LogP contribution in [0.2, 0.25) is 0 Å². The third-order valence-electron chi connectivity index (χ3n) is 3.51. The van der Waals surface area contributed by atoms with Crippen molar-refractivity contribution in [2.24, 2.45) is 5.92 Å². The van der Waals surface area contributed by atoms with E-state index < -0.39 is 17.8 Å². The zero-order valence-corrected chi connectivity index (χ0v) is 14.8. The lowest BCUT2D eigenvalue weighted by Crippen LogP contribution is -2.20. The van der Waals surface area contributed by atoms with Gasteiger partial charge in [0.1, 0.15) is 10.7 Å². The number of rotatable bonds is 5. The molecule has 1 N–H and O–H groups in total. The third kappa shape index (κ3) is 3.09. The summed E-state index contributed by atoms with van der Waals surface area (Å²) in [4.78, 5) is 14.0. The molecule has 22 heavy (non-hydrogen) atoms. The van der Waals surface area contributed by atoms with Crippen molar-refractivity contribution in [2.75, 3.05) is 7.11 Å². The van der Waals surface area contributed by atoms with E-state index in [1.165, 1.54) is 30.6 Å². The number of Topliss-reactive ketones (excluding diaryl/α,β-unsaturated/α-hetero) is 1. The van der Waals surface area contributed by atoms with Gasteiger partial charge in [0.2, 0.25) is 0 Å². The Labute approximate surface area is 140 Å². The largest absolute Gasteiger partial charge is 0.494 e. The second kappa shape index (κ2) is 6.89. The molecule has 2 rings (SSSR count). The normalized spacial score (nSPS) is 13.7. The summed E-state index contributed by atoms with van der Waals surface area (Å²) in [7, 11) is 1.49. The summed E-state index contributed by atoms with van der Waals surface area (Å²) in [5.41, 5.74) is 0.120. The Morgan fingerprint density at radius 2 is 2.05 bits per heavy atom. The quantitative estimate of drug-likeness (QED) is 0.768. The molecule has 0 aliphatic heterocycles. The van der Waals surface area contributed by atoms with Crippen molar-refractivity contribution < 1.29 is 19.0 Å². The van der Waals surface area contributed by atoms with Crippen LogP contribution in [0.5, 0.6) is 5.75 Å². The zero-order chi connectivity index (χ0) is 16.4. The first-order valence-corrected chi connectivity index (χ1v) is 8.29. The molecular formula is C16H16BrFO3S. The summed E-state index contributed by atoms with van der Waals surface area (Å²) in [5, 5.41) is 10.3. The standard InChI is InChI=1S/C16H16BrFO3S/c1-8(13(19)10-6-4-5-7-11(10)18)14(20)16-15(21-3)12(17)9(2)22-16/h4-8,13,19H,1-3H3. The molecule has 2 aromatic rings. The number of ether oxygens (including phenoxy) is 1.